The van der Waals surface area contributed by atoms with Gasteiger partial charge in [0.1, 0.15) is 12.6 Å². The van der Waals surface area contributed by atoms with E-state index in [9.17, 15) is 19.5 Å². The third-order valence-electron chi connectivity index (χ3n) is 6.05. The first kappa shape index (κ1) is 29.9. The Morgan fingerprint density at radius 2 is 1.43 bits per heavy atom. The fourth-order valence-electron chi connectivity index (χ4n) is 3.77. The van der Waals surface area contributed by atoms with E-state index in [4.69, 9.17) is 5.11 Å². The normalized spacial score (nSPS) is 11.6. The zero-order valence-electron chi connectivity index (χ0n) is 22.5. The van der Waals surface area contributed by atoms with Crippen LogP contribution < -0.4 is 10.6 Å². The van der Waals surface area contributed by atoms with E-state index >= 15 is 0 Å². The van der Waals surface area contributed by atoms with Crippen LogP contribution in [0.15, 0.2) is 72.8 Å². The lowest BCUT2D eigenvalue weighted by atomic mass is 10.1. The van der Waals surface area contributed by atoms with Gasteiger partial charge in [0.25, 0.3) is 5.91 Å². The summed E-state index contributed by atoms with van der Waals surface area (Å²) < 4.78 is 0. The van der Waals surface area contributed by atoms with Crippen LogP contribution in [0.25, 0.3) is 0 Å². The molecule has 0 aliphatic carbocycles. The number of carbonyl (C=O) groups excluding carboxylic acids is 3. The highest BCUT2D eigenvalue weighted by Gasteiger charge is 2.25. The number of Topliss-reactive ketones (excluding diaryl/α,β-unsaturated/α-hetero) is 1. The maximum atomic E-state index is 12.4. The molecule has 0 saturated heterocycles. The predicted octanol–water partition coefficient (Wildman–Crippen LogP) is 3.40. The first-order chi connectivity index (χ1) is 19.2. The number of anilines is 1. The lowest BCUT2D eigenvalue weighted by Gasteiger charge is -2.19. The van der Waals surface area contributed by atoms with Gasteiger partial charge in [0.2, 0.25) is 5.91 Å². The Balaban J connectivity index is 1.47. The van der Waals surface area contributed by atoms with Gasteiger partial charge in [-0.05, 0) is 92.6 Å². The fraction of sp³-hybridized carbons (Fsp3) is 0.242. The lowest BCUT2D eigenvalue weighted by Crippen LogP contribution is -2.48. The molecule has 40 heavy (non-hydrogen) atoms. The Morgan fingerprint density at radius 1 is 0.850 bits per heavy atom. The monoisotopic (exact) mass is 536 g/mol. The van der Waals surface area contributed by atoms with Gasteiger partial charge < -0.3 is 20.8 Å². The number of rotatable bonds is 10. The van der Waals surface area contributed by atoms with Crippen molar-refractivity contribution in [3.8, 4) is 23.7 Å². The standard InChI is InChI=1S/C33H32N2O5/c1-23-10-12-27(13-11-23)8-5-9-31(39)34-29-20-16-26(17-21-29)7-4-3-6-25-14-18-28(19-15-25)33(40)35-32(24(2)37)30(38)22-36/h10-21,24,32,36-37H,5,8-9,22H2,1-2H3,(H,34,39)(H,35,40)/t24-,32+/m1/s1. The summed E-state index contributed by atoms with van der Waals surface area (Å²) in [6, 6.07) is 20.8. The number of benzene rings is 3. The summed E-state index contributed by atoms with van der Waals surface area (Å²) in [4.78, 5) is 36.3. The van der Waals surface area contributed by atoms with Gasteiger partial charge in [0.05, 0.1) is 6.10 Å². The van der Waals surface area contributed by atoms with Crippen molar-refractivity contribution < 1.29 is 24.6 Å². The summed E-state index contributed by atoms with van der Waals surface area (Å²) in [5.74, 6) is 10.2. The zero-order valence-corrected chi connectivity index (χ0v) is 22.5. The van der Waals surface area contributed by atoms with Crippen LogP contribution in [0.2, 0.25) is 0 Å². The van der Waals surface area contributed by atoms with Crippen LogP contribution in [-0.4, -0.2) is 46.6 Å². The molecule has 0 spiro atoms. The predicted molar refractivity (Wildman–Crippen MR) is 154 cm³/mol. The summed E-state index contributed by atoms with van der Waals surface area (Å²) in [6.45, 7) is 2.64. The molecule has 0 saturated carbocycles. The summed E-state index contributed by atoms with van der Waals surface area (Å²) in [6.07, 6.45) is 0.952. The van der Waals surface area contributed by atoms with Crippen LogP contribution in [0.4, 0.5) is 5.69 Å². The van der Waals surface area contributed by atoms with E-state index in [-0.39, 0.29) is 11.5 Å². The molecule has 0 aliphatic heterocycles. The maximum Gasteiger partial charge on any atom is 0.251 e. The van der Waals surface area contributed by atoms with Crippen LogP contribution in [0, 0.1) is 30.6 Å². The first-order valence-electron chi connectivity index (χ1n) is 12.9. The van der Waals surface area contributed by atoms with E-state index in [1.165, 1.54) is 18.1 Å². The number of aryl methyl sites for hydroxylation is 2. The fourth-order valence-corrected chi connectivity index (χ4v) is 3.77. The average molecular weight is 537 g/mol. The molecule has 0 fully saturated rings. The largest absolute Gasteiger partial charge is 0.391 e. The summed E-state index contributed by atoms with van der Waals surface area (Å²) in [7, 11) is 0. The highest BCUT2D eigenvalue weighted by atomic mass is 16.3. The first-order valence-corrected chi connectivity index (χ1v) is 12.9. The molecule has 7 heteroatoms. The minimum atomic E-state index is -1.19. The topological polar surface area (TPSA) is 116 Å². The number of aliphatic hydroxyl groups excluding tert-OH is 2. The van der Waals surface area contributed by atoms with E-state index in [1.807, 2.05) is 12.1 Å². The number of nitrogens with one attached hydrogen (secondary N) is 2. The minimum Gasteiger partial charge on any atom is -0.391 e. The quantitative estimate of drug-likeness (QED) is 0.297. The Bertz CT molecular complexity index is 1440. The van der Waals surface area contributed by atoms with Gasteiger partial charge in [-0.2, -0.15) is 0 Å². The van der Waals surface area contributed by atoms with Crippen molar-refractivity contribution in [3.63, 3.8) is 0 Å². The van der Waals surface area contributed by atoms with E-state index in [2.05, 4.69) is 65.5 Å². The molecule has 204 valence electrons. The lowest BCUT2D eigenvalue weighted by molar-refractivity contribution is -0.126. The number of carbonyl (C=O) groups is 3. The van der Waals surface area contributed by atoms with Crippen LogP contribution >= 0.6 is 0 Å². The van der Waals surface area contributed by atoms with Gasteiger partial charge in [-0.15, -0.1) is 0 Å². The molecule has 0 bridgehead atoms. The molecule has 2 amide bonds. The van der Waals surface area contributed by atoms with Crippen molar-refractivity contribution >= 4 is 23.3 Å². The molecule has 3 aromatic rings. The molecule has 0 heterocycles. The SMILES string of the molecule is Cc1ccc(CCCC(=O)Nc2ccc(C#CC#Cc3ccc(C(=O)N[C@H](C(=O)CO)[C@@H](C)O)cc3)cc2)cc1. The zero-order chi connectivity index (χ0) is 28.9. The molecule has 0 unspecified atom stereocenters. The second-order valence-electron chi connectivity index (χ2n) is 9.36. The third kappa shape index (κ3) is 9.56. The molecule has 0 aromatic heterocycles. The van der Waals surface area contributed by atoms with E-state index in [1.54, 1.807) is 36.4 Å². The Labute approximate surface area is 234 Å². The molecule has 3 aromatic carbocycles. The maximum absolute atomic E-state index is 12.4. The van der Waals surface area contributed by atoms with E-state index < -0.39 is 30.4 Å². The molecule has 7 nitrogen and oxygen atoms in total. The Kier molecular flexibility index (Phi) is 11.2. The highest BCUT2D eigenvalue weighted by Crippen LogP contribution is 2.12. The van der Waals surface area contributed by atoms with Gasteiger partial charge in [-0.1, -0.05) is 41.7 Å². The van der Waals surface area contributed by atoms with Gasteiger partial charge in [-0.25, -0.2) is 0 Å². The average Bonchev–Trinajstić information content (AvgIpc) is 2.95. The second-order valence-corrected chi connectivity index (χ2v) is 9.36. The smallest absolute Gasteiger partial charge is 0.251 e. The van der Waals surface area contributed by atoms with Crippen molar-refractivity contribution in [3.05, 3.63) is 101 Å². The van der Waals surface area contributed by atoms with Gasteiger partial charge in [-0.3, -0.25) is 14.4 Å². The van der Waals surface area contributed by atoms with Gasteiger partial charge >= 0.3 is 0 Å². The summed E-state index contributed by atoms with van der Waals surface area (Å²) in [5.41, 5.74) is 4.84. The van der Waals surface area contributed by atoms with Gasteiger partial charge in [0, 0.05) is 28.8 Å². The van der Waals surface area contributed by atoms with Crippen LogP contribution in [0.5, 0.6) is 0 Å². The summed E-state index contributed by atoms with van der Waals surface area (Å²) >= 11 is 0. The molecule has 0 radical (unpaired) electrons. The van der Waals surface area contributed by atoms with Crippen molar-refractivity contribution in [1.82, 2.24) is 5.32 Å². The molecular weight excluding hydrogens is 504 g/mol. The molecule has 0 aliphatic rings. The van der Waals surface area contributed by atoms with E-state index in [0.29, 0.717) is 17.7 Å². The van der Waals surface area contributed by atoms with Crippen molar-refractivity contribution in [2.45, 2.75) is 45.3 Å². The van der Waals surface area contributed by atoms with Crippen LogP contribution in [0.3, 0.4) is 0 Å². The number of aliphatic hydroxyl groups is 2. The van der Waals surface area contributed by atoms with Crippen LogP contribution in [-0.2, 0) is 16.0 Å². The van der Waals surface area contributed by atoms with Crippen molar-refractivity contribution in [1.29, 1.82) is 0 Å². The third-order valence-corrected chi connectivity index (χ3v) is 6.05. The Morgan fingerprint density at radius 3 is 1.98 bits per heavy atom. The molecule has 2 atom stereocenters. The second kappa shape index (κ2) is 15.0. The minimum absolute atomic E-state index is 0.0262. The van der Waals surface area contributed by atoms with Crippen molar-refractivity contribution in [2.24, 2.45) is 0 Å². The molecule has 4 N–H and O–H groups in total. The van der Waals surface area contributed by atoms with Gasteiger partial charge in [0.15, 0.2) is 5.78 Å². The van der Waals surface area contributed by atoms with E-state index in [0.717, 1.165) is 18.4 Å². The number of ketones is 1. The number of hydrogen-bond donors (Lipinski definition) is 4. The van der Waals surface area contributed by atoms with Crippen LogP contribution in [0.1, 0.15) is 52.4 Å². The Hall–Kier alpha value is -4.69. The molecule has 3 rings (SSSR count). The molecular formula is C33H32N2O5. The summed E-state index contributed by atoms with van der Waals surface area (Å²) in [5, 5.41) is 24.0. The highest BCUT2D eigenvalue weighted by molar-refractivity contribution is 5.98. The number of hydrogen-bond acceptors (Lipinski definition) is 5. The van der Waals surface area contributed by atoms with Crippen molar-refractivity contribution in [2.75, 3.05) is 11.9 Å². The number of amides is 2.